The first-order chi connectivity index (χ1) is 34.3. The van der Waals surface area contributed by atoms with Gasteiger partial charge in [-0.2, -0.15) is 11.8 Å². The number of benzene rings is 2. The molecule has 18 nitrogen and oxygen atoms in total. The number of carbonyl (C=O) groups excluding carboxylic acids is 3. The molecular formula is C54H86N4O14S. The number of amides is 3. The molecule has 3 fully saturated rings. The molecule has 7 N–H and O–H groups in total. The zero-order valence-corrected chi connectivity index (χ0v) is 46.1. The molecule has 2 aromatic carbocycles. The Balaban J connectivity index is 1.63. The summed E-state index contributed by atoms with van der Waals surface area (Å²) in [6.07, 6.45) is -9.61. The van der Waals surface area contributed by atoms with Crippen molar-refractivity contribution in [3.05, 3.63) is 60.7 Å². The number of hydrogen-bond acceptors (Lipinski definition) is 16. The second-order valence-corrected chi connectivity index (χ2v) is 22.5. The Labute approximate surface area is 437 Å². The molecule has 0 bridgehead atoms. The number of cyclic esters (lactones) is 1. The van der Waals surface area contributed by atoms with Gasteiger partial charge < -0.3 is 69.1 Å². The summed E-state index contributed by atoms with van der Waals surface area (Å²) in [7, 11) is 3.12. The molecule has 2 aromatic rings. The second kappa shape index (κ2) is 26.0. The van der Waals surface area contributed by atoms with Crippen LogP contribution in [0.5, 0.6) is 0 Å². The fourth-order valence-corrected chi connectivity index (χ4v) is 12.0. The molecule has 5 rings (SSSR count). The maximum Gasteiger partial charge on any atom is 0.412 e. The highest BCUT2D eigenvalue weighted by molar-refractivity contribution is 7.99. The first-order valence-electron chi connectivity index (χ1n) is 26.0. The van der Waals surface area contributed by atoms with Gasteiger partial charge in [0.15, 0.2) is 18.7 Å². The summed E-state index contributed by atoms with van der Waals surface area (Å²) in [6.45, 7) is 19.6. The first-order valence-corrected chi connectivity index (χ1v) is 27.1. The summed E-state index contributed by atoms with van der Waals surface area (Å²) < 4.78 is 45.8. The maximum absolute atomic E-state index is 14.7. The van der Waals surface area contributed by atoms with Crippen molar-refractivity contribution in [2.75, 3.05) is 42.8 Å². The molecule has 3 saturated heterocycles. The van der Waals surface area contributed by atoms with Crippen molar-refractivity contribution in [1.82, 2.24) is 10.2 Å². The molecule has 0 aliphatic carbocycles. The van der Waals surface area contributed by atoms with E-state index < -0.39 is 120 Å². The van der Waals surface area contributed by atoms with Gasteiger partial charge in [0.2, 0.25) is 0 Å². The Morgan fingerprint density at radius 3 is 2.08 bits per heavy atom. The number of nitrogens with one attached hydrogen (secondary N) is 3. The average molecular weight is 1050 g/mol. The lowest BCUT2D eigenvalue weighted by Gasteiger charge is -2.53. The smallest absolute Gasteiger partial charge is 0.412 e. The fourth-order valence-electron chi connectivity index (χ4n) is 10.7. The van der Waals surface area contributed by atoms with E-state index in [4.69, 9.17) is 33.2 Å². The van der Waals surface area contributed by atoms with Crippen molar-refractivity contribution in [1.29, 1.82) is 0 Å². The molecule has 19 heteroatoms. The van der Waals surface area contributed by atoms with Crippen LogP contribution in [0.15, 0.2) is 60.7 Å². The summed E-state index contributed by atoms with van der Waals surface area (Å²) in [5, 5.41) is 57.8. The van der Waals surface area contributed by atoms with Crippen molar-refractivity contribution in [3.63, 3.8) is 0 Å². The van der Waals surface area contributed by atoms with Crippen molar-refractivity contribution in [2.45, 2.75) is 198 Å². The summed E-state index contributed by atoms with van der Waals surface area (Å²) in [5.74, 6) is -2.02. The molecule has 3 heterocycles. The van der Waals surface area contributed by atoms with Crippen molar-refractivity contribution in [3.8, 4) is 0 Å². The number of thioether (sulfide) groups is 1. The van der Waals surface area contributed by atoms with Gasteiger partial charge in [-0.15, -0.1) is 0 Å². The van der Waals surface area contributed by atoms with Crippen LogP contribution in [-0.2, 0) is 38.0 Å². The van der Waals surface area contributed by atoms with Gasteiger partial charge in [-0.1, -0.05) is 64.1 Å². The highest BCUT2D eigenvalue weighted by Gasteiger charge is 2.59. The van der Waals surface area contributed by atoms with Crippen LogP contribution in [0.2, 0.25) is 0 Å². The van der Waals surface area contributed by atoms with Crippen LogP contribution in [0.3, 0.4) is 0 Å². The third kappa shape index (κ3) is 14.7. The minimum absolute atomic E-state index is 0.0394. The molecule has 0 aromatic heterocycles. The number of urea groups is 1. The van der Waals surface area contributed by atoms with Gasteiger partial charge in [-0.3, -0.25) is 10.1 Å². The molecule has 412 valence electrons. The molecule has 3 amide bonds. The van der Waals surface area contributed by atoms with Gasteiger partial charge in [-0.25, -0.2) is 9.59 Å². The van der Waals surface area contributed by atoms with Gasteiger partial charge in [0, 0.05) is 49.7 Å². The summed E-state index contributed by atoms with van der Waals surface area (Å²) in [5.41, 5.74) is -5.27. The fraction of sp³-hybridized carbons (Fsp3) is 0.722. The topological polar surface area (TPSA) is 236 Å². The molecule has 0 radical (unpaired) electrons. The first kappa shape index (κ1) is 60.3. The number of aliphatic hydroxyl groups is 4. The lowest BCUT2D eigenvalue weighted by molar-refractivity contribution is -0.332. The number of para-hydroxylation sites is 2. The molecular weight excluding hydrogens is 961 g/mol. The Morgan fingerprint density at radius 2 is 1.49 bits per heavy atom. The molecule has 73 heavy (non-hydrogen) atoms. The summed E-state index contributed by atoms with van der Waals surface area (Å²) in [6, 6.07) is 15.7. The number of carbonyl (C=O) groups is 3. The van der Waals surface area contributed by atoms with Crippen LogP contribution in [0.1, 0.15) is 108 Å². The molecule has 0 saturated carbocycles. The van der Waals surface area contributed by atoms with E-state index in [0.29, 0.717) is 17.1 Å². The molecule has 3 aliphatic rings. The van der Waals surface area contributed by atoms with Crippen molar-refractivity contribution < 1.29 is 68.0 Å². The number of aliphatic hydroxyl groups excluding tert-OH is 1. The largest absolute Gasteiger partial charge is 0.459 e. The quantitative estimate of drug-likeness (QED) is 0.0750. The van der Waals surface area contributed by atoms with E-state index in [9.17, 15) is 34.8 Å². The lowest BCUT2D eigenvalue weighted by Crippen LogP contribution is -2.68. The van der Waals surface area contributed by atoms with E-state index in [0.717, 1.165) is 12.2 Å². The predicted molar refractivity (Wildman–Crippen MR) is 280 cm³/mol. The molecule has 18 atom stereocenters. The van der Waals surface area contributed by atoms with Crippen LogP contribution < -0.4 is 16.0 Å². The lowest BCUT2D eigenvalue weighted by atomic mass is 9.76. The third-order valence-electron chi connectivity index (χ3n) is 15.3. The highest BCUT2D eigenvalue weighted by atomic mass is 32.2. The van der Waals surface area contributed by atoms with Crippen molar-refractivity contribution in [2.24, 2.45) is 17.8 Å². The number of esters is 1. The SMILES string of the molecule is CCCSC[C@]1(O)[C@H](C)O[C@@H](O[C@H]2[C@H](C)[C@@H](OC3OC(C)CC(N(C)C(=O)Nc4ccccc4)C3OC(=O)Nc3ccccc3)[C@](C)(O)C[C@@H](C)CN[C@H](C)[C@@H](O)[C@](C)(O)[C@@H](CC)OC(=O)[C@@H]2C)C[C@@]1(C)OC. The molecule has 0 spiro atoms. The van der Waals surface area contributed by atoms with Crippen molar-refractivity contribution >= 4 is 41.2 Å². The predicted octanol–water partition coefficient (Wildman–Crippen LogP) is 6.93. The van der Waals surface area contributed by atoms with Gasteiger partial charge in [0.05, 0.1) is 42.0 Å². The molecule has 3 aliphatic heterocycles. The minimum Gasteiger partial charge on any atom is -0.459 e. The van der Waals surface area contributed by atoms with E-state index in [2.05, 4.69) is 22.9 Å². The Hall–Kier alpha value is -3.60. The number of hydrogen-bond donors (Lipinski definition) is 7. The number of ether oxygens (including phenoxy) is 7. The number of likely N-dealkylation sites (N-methyl/N-ethyl adjacent to an activating group) is 1. The summed E-state index contributed by atoms with van der Waals surface area (Å²) in [4.78, 5) is 44.2. The van der Waals surface area contributed by atoms with Crippen LogP contribution >= 0.6 is 11.8 Å². The van der Waals surface area contributed by atoms with Gasteiger partial charge in [0.25, 0.3) is 0 Å². The monoisotopic (exact) mass is 1050 g/mol. The van der Waals surface area contributed by atoms with Gasteiger partial charge in [0.1, 0.15) is 29.0 Å². The van der Waals surface area contributed by atoms with Gasteiger partial charge in [-0.05, 0) is 117 Å². The Kier molecular flexibility index (Phi) is 21.4. The van der Waals surface area contributed by atoms with E-state index in [1.54, 1.807) is 109 Å². The van der Waals surface area contributed by atoms with Crippen LogP contribution in [0.25, 0.3) is 0 Å². The standard InChI is InChI=1S/C54H86N4O14S/c1-14-26-73-31-54(65)37(8)68-42(29-52(54,10)66-13)70-43-34(5)46(51(9,63)28-32(3)30-55-36(7)45(59)53(11,64)41(15-2)69-47(60)35(43)6)72-48-44(71-50(62)57-39-24-20-17-21-25-39)40(27-33(4)67-48)58(12)49(61)56-38-22-18-16-19-23-38/h16-25,32-37,40-46,48,55,59,63-65H,14-15,26-31H2,1-13H3,(H,56,61)(H,57,62)/t32-,33?,34+,35-,36-,37+,40?,41-,42+,43+,44?,45-,46-,48?,51-,52-,53-,54+/m1/s1. The second-order valence-electron chi connectivity index (χ2n) is 21.4. The van der Waals surface area contributed by atoms with Crippen LogP contribution in [-0.4, -0.2) is 165 Å². The zero-order chi connectivity index (χ0) is 54.1. The maximum atomic E-state index is 14.7. The third-order valence-corrected chi connectivity index (χ3v) is 16.6. The average Bonchev–Trinajstić information content (AvgIpc) is 3.34. The minimum atomic E-state index is -1.89. The van der Waals surface area contributed by atoms with E-state index >= 15 is 0 Å². The number of rotatable bonds is 14. The van der Waals surface area contributed by atoms with Gasteiger partial charge >= 0.3 is 18.1 Å². The Bertz CT molecular complexity index is 2060. The normalized spacial score (nSPS) is 39.0. The van der Waals surface area contributed by atoms with E-state index in [1.165, 1.54) is 18.9 Å². The summed E-state index contributed by atoms with van der Waals surface area (Å²) >= 11 is 1.59. The van der Waals surface area contributed by atoms with E-state index in [-0.39, 0.29) is 38.1 Å². The van der Waals surface area contributed by atoms with Crippen LogP contribution in [0, 0.1) is 17.8 Å². The Morgan fingerprint density at radius 1 is 0.877 bits per heavy atom. The van der Waals surface area contributed by atoms with Crippen LogP contribution in [0.4, 0.5) is 21.0 Å². The van der Waals surface area contributed by atoms with E-state index in [1.807, 2.05) is 32.9 Å². The molecule has 4 unspecified atom stereocenters. The number of anilines is 2. The number of methoxy groups -OCH3 is 1. The highest BCUT2D eigenvalue weighted by Crippen LogP contribution is 2.45. The zero-order valence-electron chi connectivity index (χ0n) is 45.2. The number of nitrogens with zero attached hydrogens (tertiary/aromatic N) is 1.